The number of unbranched alkanes of at least 4 members (excludes halogenated alkanes) is 1. The van der Waals surface area contributed by atoms with E-state index in [9.17, 15) is 9.59 Å². The summed E-state index contributed by atoms with van der Waals surface area (Å²) in [6.07, 6.45) is 3.73. The van der Waals surface area contributed by atoms with Crippen LogP contribution in [-0.4, -0.2) is 10.5 Å². The normalized spacial score (nSPS) is 10.3. The van der Waals surface area contributed by atoms with Gasteiger partial charge in [0.05, 0.1) is 0 Å². The Labute approximate surface area is 123 Å². The summed E-state index contributed by atoms with van der Waals surface area (Å²) in [6.45, 7) is 0.634. The maximum absolute atomic E-state index is 11.8. The molecule has 0 saturated carbocycles. The van der Waals surface area contributed by atoms with E-state index in [-0.39, 0.29) is 11.5 Å². The van der Waals surface area contributed by atoms with Gasteiger partial charge in [-0.3, -0.25) is 9.59 Å². The van der Waals surface area contributed by atoms with Crippen molar-refractivity contribution in [1.82, 2.24) is 4.57 Å². The monoisotopic (exact) mass is 285 g/mol. The van der Waals surface area contributed by atoms with Gasteiger partial charge in [0.15, 0.2) is 0 Å². The molecule has 0 atom stereocenters. The van der Waals surface area contributed by atoms with E-state index in [1.807, 2.05) is 6.07 Å². The summed E-state index contributed by atoms with van der Waals surface area (Å²) in [6, 6.07) is 12.1. The lowest BCUT2D eigenvalue weighted by atomic mass is 10.2. The number of nitrogens with two attached hydrogens (primary N) is 1. The molecule has 0 fully saturated rings. The van der Waals surface area contributed by atoms with Gasteiger partial charge in [-0.15, -0.1) is 0 Å². The van der Waals surface area contributed by atoms with Crippen LogP contribution in [-0.2, 0) is 11.3 Å². The lowest BCUT2D eigenvalue weighted by Gasteiger charge is -2.06. The van der Waals surface area contributed by atoms with Crippen LogP contribution >= 0.6 is 0 Å². The second-order valence-corrected chi connectivity index (χ2v) is 4.86. The SMILES string of the molecule is Nc1ccc(NC(=O)CCCCn2ccccc2=O)cc1. The first kappa shape index (κ1) is 14.8. The minimum absolute atomic E-state index is 0.0103. The molecule has 1 aromatic heterocycles. The second-order valence-electron chi connectivity index (χ2n) is 4.86. The van der Waals surface area contributed by atoms with Crippen LogP contribution in [0.25, 0.3) is 0 Å². The number of anilines is 2. The molecular weight excluding hydrogens is 266 g/mol. The summed E-state index contributed by atoms with van der Waals surface area (Å²) < 4.78 is 1.65. The quantitative estimate of drug-likeness (QED) is 0.631. The van der Waals surface area contributed by atoms with E-state index < -0.39 is 0 Å². The number of pyridine rings is 1. The van der Waals surface area contributed by atoms with Crippen LogP contribution in [0.4, 0.5) is 11.4 Å². The minimum atomic E-state index is -0.0276. The number of nitrogens with zero attached hydrogens (tertiary/aromatic N) is 1. The van der Waals surface area contributed by atoms with E-state index in [0.717, 1.165) is 18.5 Å². The van der Waals surface area contributed by atoms with Gasteiger partial charge in [-0.2, -0.15) is 0 Å². The van der Waals surface area contributed by atoms with Crippen LogP contribution in [0.1, 0.15) is 19.3 Å². The molecule has 0 spiro atoms. The summed E-state index contributed by atoms with van der Waals surface area (Å²) in [5.74, 6) is -0.0276. The Morgan fingerprint density at radius 1 is 1.10 bits per heavy atom. The first-order chi connectivity index (χ1) is 10.1. The van der Waals surface area contributed by atoms with Gasteiger partial charge in [-0.1, -0.05) is 6.07 Å². The Morgan fingerprint density at radius 2 is 1.86 bits per heavy atom. The summed E-state index contributed by atoms with van der Waals surface area (Å²) in [5, 5.41) is 2.82. The van der Waals surface area contributed by atoms with Crippen molar-refractivity contribution >= 4 is 17.3 Å². The molecule has 5 heteroatoms. The molecular formula is C16H19N3O2. The Hall–Kier alpha value is -2.56. The fourth-order valence-corrected chi connectivity index (χ4v) is 2.00. The smallest absolute Gasteiger partial charge is 0.250 e. The number of benzene rings is 1. The van der Waals surface area contributed by atoms with Gasteiger partial charge in [0.2, 0.25) is 11.5 Å². The van der Waals surface area contributed by atoms with Crippen molar-refractivity contribution in [3.63, 3.8) is 0 Å². The molecule has 3 N–H and O–H groups in total. The Kier molecular flexibility index (Phi) is 5.15. The first-order valence-corrected chi connectivity index (χ1v) is 6.96. The largest absolute Gasteiger partial charge is 0.399 e. The predicted molar refractivity (Wildman–Crippen MR) is 84.0 cm³/mol. The van der Waals surface area contributed by atoms with E-state index in [1.54, 1.807) is 41.1 Å². The van der Waals surface area contributed by atoms with Crippen molar-refractivity contribution in [3.05, 3.63) is 59.0 Å². The number of hydrogen-bond donors (Lipinski definition) is 2. The van der Waals surface area contributed by atoms with E-state index in [2.05, 4.69) is 5.32 Å². The molecule has 0 saturated heterocycles. The third-order valence-electron chi connectivity index (χ3n) is 3.15. The number of nitrogens with one attached hydrogen (secondary N) is 1. The molecule has 0 aliphatic rings. The molecule has 0 radical (unpaired) electrons. The van der Waals surface area contributed by atoms with E-state index >= 15 is 0 Å². The molecule has 21 heavy (non-hydrogen) atoms. The number of hydrogen-bond acceptors (Lipinski definition) is 3. The van der Waals surface area contributed by atoms with Gasteiger partial charge in [-0.05, 0) is 43.2 Å². The number of aryl methyl sites for hydroxylation is 1. The molecule has 1 aromatic carbocycles. The molecule has 110 valence electrons. The zero-order chi connectivity index (χ0) is 15.1. The summed E-state index contributed by atoms with van der Waals surface area (Å²) >= 11 is 0. The van der Waals surface area contributed by atoms with E-state index in [1.165, 1.54) is 6.07 Å². The van der Waals surface area contributed by atoms with Gasteiger partial charge in [0.25, 0.3) is 0 Å². The third kappa shape index (κ3) is 4.80. The highest BCUT2D eigenvalue weighted by Crippen LogP contribution is 2.11. The van der Waals surface area contributed by atoms with Gasteiger partial charge in [-0.25, -0.2) is 0 Å². The maximum atomic E-state index is 11.8. The lowest BCUT2D eigenvalue weighted by molar-refractivity contribution is -0.116. The molecule has 2 rings (SSSR count). The van der Waals surface area contributed by atoms with Crippen LogP contribution < -0.4 is 16.6 Å². The summed E-state index contributed by atoms with van der Waals surface area (Å²) in [5.41, 5.74) is 6.98. The molecule has 2 aromatic rings. The molecule has 0 unspecified atom stereocenters. The highest BCUT2D eigenvalue weighted by atomic mass is 16.1. The predicted octanol–water partition coefficient (Wildman–Crippen LogP) is 2.24. The van der Waals surface area contributed by atoms with Crippen LogP contribution in [0.15, 0.2) is 53.5 Å². The van der Waals surface area contributed by atoms with Crippen LogP contribution in [0.3, 0.4) is 0 Å². The van der Waals surface area contributed by atoms with Crippen molar-refractivity contribution < 1.29 is 4.79 Å². The molecule has 1 heterocycles. The molecule has 0 aliphatic heterocycles. The van der Waals surface area contributed by atoms with Gasteiger partial charge in [0.1, 0.15) is 0 Å². The molecule has 0 aliphatic carbocycles. The van der Waals surface area contributed by atoms with Crippen LogP contribution in [0, 0.1) is 0 Å². The van der Waals surface area contributed by atoms with Crippen molar-refractivity contribution in [2.45, 2.75) is 25.8 Å². The number of amides is 1. The number of nitrogen functional groups attached to an aromatic ring is 1. The highest BCUT2D eigenvalue weighted by molar-refractivity contribution is 5.90. The molecule has 1 amide bonds. The van der Waals surface area contributed by atoms with E-state index in [0.29, 0.717) is 18.7 Å². The van der Waals surface area contributed by atoms with Gasteiger partial charge >= 0.3 is 0 Å². The summed E-state index contributed by atoms with van der Waals surface area (Å²) in [4.78, 5) is 23.3. The number of carbonyl (C=O) groups excluding carboxylic acids is 1. The summed E-state index contributed by atoms with van der Waals surface area (Å²) in [7, 11) is 0. The van der Waals surface area contributed by atoms with Gasteiger partial charge in [0, 0.05) is 36.6 Å². The topological polar surface area (TPSA) is 77.1 Å². The number of aromatic nitrogens is 1. The second kappa shape index (κ2) is 7.28. The highest BCUT2D eigenvalue weighted by Gasteiger charge is 2.02. The maximum Gasteiger partial charge on any atom is 0.250 e. The van der Waals surface area contributed by atoms with Gasteiger partial charge < -0.3 is 15.6 Å². The number of rotatable bonds is 6. The number of carbonyl (C=O) groups is 1. The average Bonchev–Trinajstić information content (AvgIpc) is 2.48. The first-order valence-electron chi connectivity index (χ1n) is 6.96. The standard InChI is InChI=1S/C16H19N3O2/c17-13-7-9-14(10-8-13)18-15(20)5-1-3-11-19-12-4-2-6-16(19)21/h2,4,6-10,12H,1,3,5,11,17H2,(H,18,20). The fraction of sp³-hybridized carbons (Fsp3) is 0.250. The zero-order valence-electron chi connectivity index (χ0n) is 11.8. The average molecular weight is 285 g/mol. The van der Waals surface area contributed by atoms with Crippen molar-refractivity contribution in [3.8, 4) is 0 Å². The molecule has 0 bridgehead atoms. The van der Waals surface area contributed by atoms with Crippen LogP contribution in [0.2, 0.25) is 0 Å². The zero-order valence-corrected chi connectivity index (χ0v) is 11.8. The Morgan fingerprint density at radius 3 is 2.57 bits per heavy atom. The third-order valence-corrected chi connectivity index (χ3v) is 3.15. The van der Waals surface area contributed by atoms with Crippen molar-refractivity contribution in [2.75, 3.05) is 11.1 Å². The van der Waals surface area contributed by atoms with Crippen molar-refractivity contribution in [1.29, 1.82) is 0 Å². The van der Waals surface area contributed by atoms with Crippen LogP contribution in [0.5, 0.6) is 0 Å². The minimum Gasteiger partial charge on any atom is -0.399 e. The Balaban J connectivity index is 1.71. The van der Waals surface area contributed by atoms with Crippen molar-refractivity contribution in [2.24, 2.45) is 0 Å². The lowest BCUT2D eigenvalue weighted by Crippen LogP contribution is -2.18. The molecule has 5 nitrogen and oxygen atoms in total. The van der Waals surface area contributed by atoms with E-state index in [4.69, 9.17) is 5.73 Å². The Bertz CT molecular complexity index is 647. The fourth-order valence-electron chi connectivity index (χ4n) is 2.00.